The number of hydrogen-bond donors (Lipinski definition) is 2. The molecule has 0 saturated carbocycles. The molecule has 27 heavy (non-hydrogen) atoms. The number of halogens is 3. The van der Waals surface area contributed by atoms with Gasteiger partial charge in [-0.1, -0.05) is 13.0 Å². The summed E-state index contributed by atoms with van der Waals surface area (Å²) < 4.78 is 34.6. The van der Waals surface area contributed by atoms with Gasteiger partial charge in [-0.2, -0.15) is 8.78 Å². The number of hydrogen-bond acceptors (Lipinski definition) is 4. The second kappa shape index (κ2) is 12.2. The van der Waals surface area contributed by atoms with Gasteiger partial charge in [0, 0.05) is 26.2 Å². The number of benzene rings is 1. The second-order valence-corrected chi connectivity index (χ2v) is 6.10. The molecular formula is C18H29F2IN4O2. The molecule has 6 nitrogen and oxygen atoms in total. The molecule has 1 aliphatic rings. The Bertz CT molecular complexity index is 605. The van der Waals surface area contributed by atoms with Crippen LogP contribution in [0.15, 0.2) is 23.2 Å². The molecule has 1 aromatic rings. The van der Waals surface area contributed by atoms with E-state index in [9.17, 15) is 8.78 Å². The van der Waals surface area contributed by atoms with Gasteiger partial charge in [-0.15, -0.1) is 24.0 Å². The van der Waals surface area contributed by atoms with Gasteiger partial charge in [-0.25, -0.2) is 0 Å². The normalized spacial score (nSPS) is 17.6. The van der Waals surface area contributed by atoms with Gasteiger partial charge < -0.3 is 20.1 Å². The summed E-state index contributed by atoms with van der Waals surface area (Å²) in [6.45, 7) is 2.75. The molecule has 0 aliphatic carbocycles. The number of likely N-dealkylation sites (tertiary alicyclic amines) is 1. The number of alkyl halides is 2. The number of nitrogens with one attached hydrogen (secondary N) is 2. The van der Waals surface area contributed by atoms with Crippen LogP contribution in [-0.4, -0.2) is 57.3 Å². The SMILES string of the molecule is CCN1CCCC1CNC(=NC)NCc1ccc(OC)c(OC(F)F)c1.I. The van der Waals surface area contributed by atoms with Crippen molar-refractivity contribution in [1.82, 2.24) is 15.5 Å². The minimum absolute atomic E-state index is 0. The number of methoxy groups -OCH3 is 1. The molecule has 1 fully saturated rings. The van der Waals surface area contributed by atoms with Crippen molar-refractivity contribution >= 4 is 29.9 Å². The number of nitrogens with zero attached hydrogens (tertiary/aromatic N) is 2. The fourth-order valence-electron chi connectivity index (χ4n) is 3.18. The zero-order chi connectivity index (χ0) is 18.9. The maximum absolute atomic E-state index is 12.5. The van der Waals surface area contributed by atoms with Crippen molar-refractivity contribution in [2.75, 3.05) is 33.8 Å². The Morgan fingerprint density at radius 1 is 1.33 bits per heavy atom. The molecule has 1 aliphatic heterocycles. The maximum atomic E-state index is 12.5. The van der Waals surface area contributed by atoms with E-state index in [1.165, 1.54) is 20.0 Å². The van der Waals surface area contributed by atoms with Crippen LogP contribution >= 0.6 is 24.0 Å². The molecule has 1 saturated heterocycles. The Morgan fingerprint density at radius 3 is 2.74 bits per heavy atom. The van der Waals surface area contributed by atoms with Crippen LogP contribution in [0.25, 0.3) is 0 Å². The number of aliphatic imine (C=N–C) groups is 1. The smallest absolute Gasteiger partial charge is 0.387 e. The van der Waals surface area contributed by atoms with Gasteiger partial charge in [0.05, 0.1) is 7.11 Å². The second-order valence-electron chi connectivity index (χ2n) is 6.10. The summed E-state index contributed by atoms with van der Waals surface area (Å²) in [7, 11) is 3.13. The maximum Gasteiger partial charge on any atom is 0.387 e. The summed E-state index contributed by atoms with van der Waals surface area (Å²) in [5, 5.41) is 6.53. The van der Waals surface area contributed by atoms with Gasteiger partial charge in [-0.05, 0) is 43.6 Å². The Kier molecular flexibility index (Phi) is 10.7. The van der Waals surface area contributed by atoms with Gasteiger partial charge in [-0.3, -0.25) is 9.89 Å². The standard InChI is InChI=1S/C18H28F2N4O2.HI/c1-4-24-9-5-6-14(24)12-23-18(21-2)22-11-13-7-8-15(25-3)16(10-13)26-17(19)20;/h7-8,10,14,17H,4-6,9,11-12H2,1-3H3,(H2,21,22,23);1H. The highest BCUT2D eigenvalue weighted by molar-refractivity contribution is 14.0. The average molecular weight is 498 g/mol. The minimum atomic E-state index is -2.89. The third-order valence-corrected chi connectivity index (χ3v) is 4.54. The van der Waals surface area contributed by atoms with E-state index >= 15 is 0 Å². The first-order valence-corrected chi connectivity index (χ1v) is 8.87. The number of likely N-dealkylation sites (N-methyl/N-ethyl adjacent to an activating group) is 1. The predicted octanol–water partition coefficient (Wildman–Crippen LogP) is 3.06. The van der Waals surface area contributed by atoms with Crippen LogP contribution in [-0.2, 0) is 6.54 Å². The van der Waals surface area contributed by atoms with Crippen molar-refractivity contribution in [3.05, 3.63) is 23.8 Å². The lowest BCUT2D eigenvalue weighted by Crippen LogP contribution is -2.44. The number of guanidine groups is 1. The third-order valence-electron chi connectivity index (χ3n) is 4.54. The molecule has 0 aromatic heterocycles. The van der Waals surface area contributed by atoms with E-state index < -0.39 is 6.61 Å². The van der Waals surface area contributed by atoms with Crippen LogP contribution in [0.2, 0.25) is 0 Å². The summed E-state index contributed by atoms with van der Waals surface area (Å²) in [5.74, 6) is 0.979. The quantitative estimate of drug-likeness (QED) is 0.328. The fraction of sp³-hybridized carbons (Fsp3) is 0.611. The lowest BCUT2D eigenvalue weighted by Gasteiger charge is -2.24. The van der Waals surface area contributed by atoms with E-state index in [2.05, 4.69) is 32.2 Å². The van der Waals surface area contributed by atoms with Gasteiger partial charge in [0.15, 0.2) is 17.5 Å². The molecule has 0 amide bonds. The molecule has 0 radical (unpaired) electrons. The molecule has 0 bridgehead atoms. The summed E-state index contributed by atoms with van der Waals surface area (Å²) >= 11 is 0. The van der Waals surface area contributed by atoms with Crippen molar-refractivity contribution in [2.45, 2.75) is 39.0 Å². The van der Waals surface area contributed by atoms with Crippen LogP contribution in [0.4, 0.5) is 8.78 Å². The van der Waals surface area contributed by atoms with Gasteiger partial charge >= 0.3 is 6.61 Å². The number of ether oxygens (including phenoxy) is 2. The summed E-state index contributed by atoms with van der Waals surface area (Å²) in [5.41, 5.74) is 0.792. The molecule has 1 unspecified atom stereocenters. The first-order chi connectivity index (χ1) is 12.6. The van der Waals surface area contributed by atoms with E-state index in [0.717, 1.165) is 25.2 Å². The molecule has 1 aromatic carbocycles. The number of rotatable bonds is 8. The molecule has 2 rings (SSSR count). The lowest BCUT2D eigenvalue weighted by atomic mass is 10.2. The summed E-state index contributed by atoms with van der Waals surface area (Å²) in [4.78, 5) is 6.68. The van der Waals surface area contributed by atoms with Crippen LogP contribution in [0.1, 0.15) is 25.3 Å². The van der Waals surface area contributed by atoms with E-state index in [0.29, 0.717) is 18.5 Å². The lowest BCUT2D eigenvalue weighted by molar-refractivity contribution is -0.0512. The summed E-state index contributed by atoms with van der Waals surface area (Å²) in [6.07, 6.45) is 2.41. The largest absolute Gasteiger partial charge is 0.493 e. The average Bonchev–Trinajstić information content (AvgIpc) is 3.09. The predicted molar refractivity (Wildman–Crippen MR) is 114 cm³/mol. The van der Waals surface area contributed by atoms with E-state index in [1.54, 1.807) is 25.2 Å². The Labute approximate surface area is 176 Å². The molecule has 1 atom stereocenters. The summed E-state index contributed by atoms with van der Waals surface area (Å²) in [6, 6.07) is 5.47. The van der Waals surface area contributed by atoms with E-state index in [4.69, 9.17) is 4.74 Å². The van der Waals surface area contributed by atoms with Crippen molar-refractivity contribution < 1.29 is 18.3 Å². The van der Waals surface area contributed by atoms with Crippen LogP contribution < -0.4 is 20.1 Å². The van der Waals surface area contributed by atoms with Crippen LogP contribution in [0.3, 0.4) is 0 Å². The van der Waals surface area contributed by atoms with Crippen LogP contribution in [0, 0.1) is 0 Å². The van der Waals surface area contributed by atoms with E-state index in [-0.39, 0.29) is 35.5 Å². The highest BCUT2D eigenvalue weighted by Gasteiger charge is 2.22. The van der Waals surface area contributed by atoms with Crippen molar-refractivity contribution in [3.63, 3.8) is 0 Å². The van der Waals surface area contributed by atoms with Crippen molar-refractivity contribution in [3.8, 4) is 11.5 Å². The Morgan fingerprint density at radius 2 is 2.11 bits per heavy atom. The monoisotopic (exact) mass is 498 g/mol. The topological polar surface area (TPSA) is 58.1 Å². The molecule has 1 heterocycles. The van der Waals surface area contributed by atoms with Gasteiger partial charge in [0.1, 0.15) is 0 Å². The minimum Gasteiger partial charge on any atom is -0.493 e. The Balaban J connectivity index is 0.00000364. The molecule has 154 valence electrons. The fourth-order valence-corrected chi connectivity index (χ4v) is 3.18. The molecule has 9 heteroatoms. The van der Waals surface area contributed by atoms with Crippen LogP contribution in [0.5, 0.6) is 11.5 Å². The van der Waals surface area contributed by atoms with Gasteiger partial charge in [0.2, 0.25) is 0 Å². The Hall–Kier alpha value is -1.36. The van der Waals surface area contributed by atoms with Gasteiger partial charge in [0.25, 0.3) is 0 Å². The molecular weight excluding hydrogens is 469 g/mol. The zero-order valence-corrected chi connectivity index (χ0v) is 18.3. The molecule has 2 N–H and O–H groups in total. The molecule has 0 spiro atoms. The third kappa shape index (κ3) is 7.28. The first-order valence-electron chi connectivity index (χ1n) is 8.87. The highest BCUT2D eigenvalue weighted by atomic mass is 127. The zero-order valence-electron chi connectivity index (χ0n) is 16.0. The van der Waals surface area contributed by atoms with Crippen molar-refractivity contribution in [1.29, 1.82) is 0 Å². The van der Waals surface area contributed by atoms with E-state index in [1.807, 2.05) is 0 Å². The first kappa shape index (κ1) is 23.7. The highest BCUT2D eigenvalue weighted by Crippen LogP contribution is 2.29. The van der Waals surface area contributed by atoms with Crippen molar-refractivity contribution in [2.24, 2.45) is 4.99 Å².